The summed E-state index contributed by atoms with van der Waals surface area (Å²) < 4.78 is 26.7. The highest BCUT2D eigenvalue weighted by Gasteiger charge is 2.35. The number of nitrogens with two attached hydrogens (primary N) is 1. The zero-order valence-electron chi connectivity index (χ0n) is 15.2. The van der Waals surface area contributed by atoms with E-state index in [-0.39, 0.29) is 11.3 Å². The maximum atomic E-state index is 12.9. The molecule has 1 saturated heterocycles. The number of hydrogen-bond acceptors (Lipinski definition) is 4. The highest BCUT2D eigenvalue weighted by molar-refractivity contribution is 5.77. The van der Waals surface area contributed by atoms with Crippen molar-refractivity contribution in [2.24, 2.45) is 11.1 Å². The first-order valence-electron chi connectivity index (χ1n) is 9.53. The molecule has 0 aromatic carbocycles. The van der Waals surface area contributed by atoms with Gasteiger partial charge in [0.1, 0.15) is 5.82 Å². The number of carbonyl (C=O) groups excluding carboxylic acids is 1. The summed E-state index contributed by atoms with van der Waals surface area (Å²) >= 11 is 0. The summed E-state index contributed by atoms with van der Waals surface area (Å²) in [5, 5.41) is 0. The van der Waals surface area contributed by atoms with Crippen LogP contribution in [0, 0.1) is 5.41 Å². The van der Waals surface area contributed by atoms with Crippen molar-refractivity contribution in [2.45, 2.75) is 51.6 Å². The number of aromatic nitrogens is 2. The van der Waals surface area contributed by atoms with Gasteiger partial charge < -0.3 is 10.6 Å². The second kappa shape index (κ2) is 8.43. The molecule has 2 N–H and O–H groups in total. The number of imidazole rings is 1. The minimum absolute atomic E-state index is 0.0194. The Labute approximate surface area is 153 Å². The molecule has 1 aromatic rings. The maximum absolute atomic E-state index is 12.9. The SMILES string of the molecule is NCC1(CC(=O)N2CCN(Cc3nccn3C(F)F)CC2)CCCCC1. The number of halogens is 2. The fraction of sp³-hybridized carbons (Fsp3) is 0.778. The molecule has 0 radical (unpaired) electrons. The number of nitrogens with zero attached hydrogens (tertiary/aromatic N) is 4. The third-order valence-corrected chi connectivity index (χ3v) is 5.92. The lowest BCUT2D eigenvalue weighted by atomic mass is 9.71. The molecule has 0 unspecified atom stereocenters. The van der Waals surface area contributed by atoms with Gasteiger partial charge in [-0.1, -0.05) is 19.3 Å². The maximum Gasteiger partial charge on any atom is 0.319 e. The number of alkyl halides is 2. The molecule has 2 fully saturated rings. The van der Waals surface area contributed by atoms with Crippen LogP contribution >= 0.6 is 0 Å². The quantitative estimate of drug-likeness (QED) is 0.835. The van der Waals surface area contributed by atoms with Gasteiger partial charge in [0.2, 0.25) is 5.91 Å². The first-order chi connectivity index (χ1) is 12.5. The molecule has 6 nitrogen and oxygen atoms in total. The van der Waals surface area contributed by atoms with E-state index in [0.29, 0.717) is 51.5 Å². The molecule has 1 saturated carbocycles. The number of rotatable bonds is 6. The minimum atomic E-state index is -2.57. The van der Waals surface area contributed by atoms with Gasteiger partial charge in [0.15, 0.2) is 0 Å². The average Bonchev–Trinajstić information content (AvgIpc) is 3.11. The van der Waals surface area contributed by atoms with Gasteiger partial charge in [0, 0.05) is 45.0 Å². The number of amides is 1. The van der Waals surface area contributed by atoms with Crippen molar-refractivity contribution in [3.05, 3.63) is 18.2 Å². The molecule has 1 aliphatic carbocycles. The molecule has 8 heteroatoms. The van der Waals surface area contributed by atoms with Gasteiger partial charge in [-0.3, -0.25) is 14.3 Å². The van der Waals surface area contributed by atoms with Crippen molar-refractivity contribution in [3.63, 3.8) is 0 Å². The van der Waals surface area contributed by atoms with Gasteiger partial charge in [-0.2, -0.15) is 8.78 Å². The van der Waals surface area contributed by atoms with Gasteiger partial charge in [0.05, 0.1) is 6.54 Å². The van der Waals surface area contributed by atoms with Crippen LogP contribution in [0.4, 0.5) is 8.78 Å². The molecule has 2 heterocycles. The van der Waals surface area contributed by atoms with Crippen molar-refractivity contribution in [2.75, 3.05) is 32.7 Å². The summed E-state index contributed by atoms with van der Waals surface area (Å²) in [4.78, 5) is 20.7. The van der Waals surface area contributed by atoms with Crippen LogP contribution in [0.25, 0.3) is 0 Å². The van der Waals surface area contributed by atoms with Crippen molar-refractivity contribution in [3.8, 4) is 0 Å². The molecule has 3 rings (SSSR count). The van der Waals surface area contributed by atoms with E-state index in [9.17, 15) is 13.6 Å². The number of hydrogen-bond donors (Lipinski definition) is 1. The van der Waals surface area contributed by atoms with Gasteiger partial charge in [0.25, 0.3) is 0 Å². The molecule has 26 heavy (non-hydrogen) atoms. The Morgan fingerprint density at radius 1 is 1.19 bits per heavy atom. The number of carbonyl (C=O) groups is 1. The smallest absolute Gasteiger partial charge is 0.319 e. The molecular weight excluding hydrogens is 340 g/mol. The monoisotopic (exact) mass is 369 g/mol. The Kier molecular flexibility index (Phi) is 6.24. The van der Waals surface area contributed by atoms with Crippen molar-refractivity contribution >= 4 is 5.91 Å². The van der Waals surface area contributed by atoms with Crippen LogP contribution < -0.4 is 5.73 Å². The van der Waals surface area contributed by atoms with E-state index in [2.05, 4.69) is 9.88 Å². The van der Waals surface area contributed by atoms with Gasteiger partial charge >= 0.3 is 6.55 Å². The standard InChI is InChI=1S/C18H29F2N5O/c19-17(20)25-7-6-22-15(25)13-23-8-10-24(11-9-23)16(26)12-18(14-21)4-2-1-3-5-18/h6-7,17H,1-5,8-14,21H2. The second-order valence-electron chi connectivity index (χ2n) is 7.63. The summed E-state index contributed by atoms with van der Waals surface area (Å²) in [6.07, 6.45) is 8.90. The molecule has 0 spiro atoms. The Morgan fingerprint density at radius 2 is 1.88 bits per heavy atom. The molecule has 1 aromatic heterocycles. The summed E-state index contributed by atoms with van der Waals surface area (Å²) in [5.74, 6) is 0.551. The summed E-state index contributed by atoms with van der Waals surface area (Å²) in [7, 11) is 0. The van der Waals surface area contributed by atoms with Crippen molar-refractivity contribution in [1.29, 1.82) is 0 Å². The number of piperazine rings is 1. The van der Waals surface area contributed by atoms with E-state index in [1.54, 1.807) is 0 Å². The van der Waals surface area contributed by atoms with E-state index in [0.717, 1.165) is 30.3 Å². The lowest BCUT2D eigenvalue weighted by Crippen LogP contribution is -2.50. The van der Waals surface area contributed by atoms with Crippen LogP contribution in [0.1, 0.15) is 50.9 Å². The molecule has 0 bridgehead atoms. The van der Waals surface area contributed by atoms with Gasteiger partial charge in [-0.15, -0.1) is 0 Å². The van der Waals surface area contributed by atoms with E-state index >= 15 is 0 Å². The Hall–Kier alpha value is -1.54. The van der Waals surface area contributed by atoms with Crippen LogP contribution in [-0.4, -0.2) is 58.0 Å². The fourth-order valence-corrected chi connectivity index (χ4v) is 4.19. The molecule has 1 aliphatic heterocycles. The lowest BCUT2D eigenvalue weighted by molar-refractivity contribution is -0.136. The topological polar surface area (TPSA) is 67.4 Å². The third kappa shape index (κ3) is 4.40. The highest BCUT2D eigenvalue weighted by Crippen LogP contribution is 2.38. The third-order valence-electron chi connectivity index (χ3n) is 5.92. The van der Waals surface area contributed by atoms with Crippen LogP contribution in [-0.2, 0) is 11.3 Å². The normalized spacial score (nSPS) is 21.3. The largest absolute Gasteiger partial charge is 0.340 e. The van der Waals surface area contributed by atoms with Crippen LogP contribution in [0.3, 0.4) is 0 Å². The second-order valence-corrected chi connectivity index (χ2v) is 7.63. The van der Waals surface area contributed by atoms with Crippen LogP contribution in [0.5, 0.6) is 0 Å². The first kappa shape index (κ1) is 19.2. The zero-order valence-corrected chi connectivity index (χ0v) is 15.2. The predicted molar refractivity (Wildman–Crippen MR) is 94.5 cm³/mol. The van der Waals surface area contributed by atoms with Crippen LogP contribution in [0.15, 0.2) is 12.4 Å². The van der Waals surface area contributed by atoms with E-state index in [1.807, 2.05) is 4.90 Å². The Morgan fingerprint density at radius 3 is 2.50 bits per heavy atom. The fourth-order valence-electron chi connectivity index (χ4n) is 4.19. The predicted octanol–water partition coefficient (Wildman–Crippen LogP) is 2.22. The van der Waals surface area contributed by atoms with Gasteiger partial charge in [-0.25, -0.2) is 4.98 Å². The highest BCUT2D eigenvalue weighted by atomic mass is 19.3. The van der Waals surface area contributed by atoms with Crippen LogP contribution in [0.2, 0.25) is 0 Å². The molecule has 1 amide bonds. The van der Waals surface area contributed by atoms with E-state index < -0.39 is 6.55 Å². The summed E-state index contributed by atoms with van der Waals surface area (Å²) in [5.41, 5.74) is 5.98. The Balaban J connectivity index is 1.50. The summed E-state index contributed by atoms with van der Waals surface area (Å²) in [6, 6.07) is 0. The minimum Gasteiger partial charge on any atom is -0.340 e. The lowest BCUT2D eigenvalue weighted by Gasteiger charge is -2.39. The van der Waals surface area contributed by atoms with E-state index in [1.165, 1.54) is 18.8 Å². The Bertz CT molecular complexity index is 592. The van der Waals surface area contributed by atoms with Crippen molar-refractivity contribution in [1.82, 2.24) is 19.4 Å². The van der Waals surface area contributed by atoms with E-state index in [4.69, 9.17) is 5.73 Å². The average molecular weight is 369 g/mol. The molecular formula is C18H29F2N5O. The first-order valence-corrected chi connectivity index (χ1v) is 9.53. The molecule has 2 aliphatic rings. The van der Waals surface area contributed by atoms with Crippen molar-refractivity contribution < 1.29 is 13.6 Å². The summed E-state index contributed by atoms with van der Waals surface area (Å²) in [6.45, 7) is 1.01. The molecule has 0 atom stereocenters. The zero-order chi connectivity index (χ0) is 18.6. The molecule has 146 valence electrons. The van der Waals surface area contributed by atoms with Gasteiger partial charge in [-0.05, 0) is 24.8 Å².